The fraction of sp³-hybridized carbons (Fsp3) is 0.364. The Morgan fingerprint density at radius 1 is 1.50 bits per heavy atom. The van der Waals surface area contributed by atoms with Crippen LogP contribution in [0.2, 0.25) is 0 Å². The molecule has 1 aromatic rings. The summed E-state index contributed by atoms with van der Waals surface area (Å²) < 4.78 is 5.34. The number of benzene rings is 1. The third-order valence-electron chi connectivity index (χ3n) is 3.07. The Labute approximate surface area is 102 Å². The van der Waals surface area contributed by atoms with Crippen LogP contribution in [0.4, 0.5) is 5.69 Å². The number of carboxylic acid groups (broad SMARTS) is 1. The predicted molar refractivity (Wildman–Crippen MR) is 61.0 cm³/mol. The number of nitrogens with zero attached hydrogens (tertiary/aromatic N) is 1. The summed E-state index contributed by atoms with van der Waals surface area (Å²) in [6.45, 7) is 0.254. The highest BCUT2D eigenvalue weighted by Gasteiger charge is 2.48. The van der Waals surface area contributed by atoms with Gasteiger partial charge in [0.1, 0.15) is 11.6 Å². The molecule has 0 aliphatic carbocycles. The van der Waals surface area contributed by atoms with Crippen LogP contribution in [0.5, 0.6) is 0 Å². The van der Waals surface area contributed by atoms with E-state index in [2.05, 4.69) is 0 Å². The van der Waals surface area contributed by atoms with Crippen molar-refractivity contribution in [3.63, 3.8) is 0 Å². The molecular formula is C11H12N2O5. The summed E-state index contributed by atoms with van der Waals surface area (Å²) in [4.78, 5) is 21.2. The van der Waals surface area contributed by atoms with E-state index < -0.39 is 22.5 Å². The van der Waals surface area contributed by atoms with Crippen molar-refractivity contribution in [1.29, 1.82) is 0 Å². The molecule has 1 heterocycles. The molecule has 1 aliphatic rings. The first-order valence-corrected chi connectivity index (χ1v) is 5.33. The van der Waals surface area contributed by atoms with E-state index in [1.807, 2.05) is 0 Å². The molecule has 7 nitrogen and oxygen atoms in total. The van der Waals surface area contributed by atoms with Crippen molar-refractivity contribution in [3.05, 3.63) is 39.9 Å². The lowest BCUT2D eigenvalue weighted by Gasteiger charge is -2.25. The van der Waals surface area contributed by atoms with Gasteiger partial charge in [0.05, 0.1) is 4.92 Å². The largest absolute Gasteiger partial charge is 0.480 e. The molecule has 96 valence electrons. The summed E-state index contributed by atoms with van der Waals surface area (Å²) in [6, 6.07) is 5.55. The smallest absolute Gasteiger partial charge is 0.326 e. The first-order valence-electron chi connectivity index (χ1n) is 5.33. The van der Waals surface area contributed by atoms with E-state index in [4.69, 9.17) is 15.6 Å². The predicted octanol–water partition coefficient (Wildman–Crippen LogP) is 0.838. The topological polar surface area (TPSA) is 116 Å². The minimum atomic E-state index is -1.48. The minimum absolute atomic E-state index is 0.0605. The number of nitro benzene ring substituents is 1. The van der Waals surface area contributed by atoms with Crippen molar-refractivity contribution in [2.24, 2.45) is 5.73 Å². The Hall–Kier alpha value is -1.99. The normalized spacial score (nSPS) is 27.1. The zero-order chi connectivity index (χ0) is 13.3. The van der Waals surface area contributed by atoms with Gasteiger partial charge in [0.15, 0.2) is 0 Å². The van der Waals surface area contributed by atoms with Crippen molar-refractivity contribution in [2.75, 3.05) is 6.61 Å². The second-order valence-corrected chi connectivity index (χ2v) is 4.19. The van der Waals surface area contributed by atoms with Gasteiger partial charge in [-0.05, 0) is 17.7 Å². The molecule has 2 rings (SSSR count). The third-order valence-corrected chi connectivity index (χ3v) is 3.07. The van der Waals surface area contributed by atoms with Crippen LogP contribution in [0.25, 0.3) is 0 Å². The fourth-order valence-corrected chi connectivity index (χ4v) is 2.01. The molecule has 0 saturated carbocycles. The fourth-order valence-electron chi connectivity index (χ4n) is 2.01. The number of nitrogens with two attached hydrogens (primary N) is 1. The van der Waals surface area contributed by atoms with Crippen LogP contribution in [0.3, 0.4) is 0 Å². The molecule has 0 amide bonds. The lowest BCUT2D eigenvalue weighted by Crippen LogP contribution is -2.50. The number of non-ortho nitro benzene ring substituents is 1. The van der Waals surface area contributed by atoms with Gasteiger partial charge < -0.3 is 15.6 Å². The van der Waals surface area contributed by atoms with E-state index in [1.54, 1.807) is 0 Å². The first-order chi connectivity index (χ1) is 8.45. The van der Waals surface area contributed by atoms with E-state index in [9.17, 15) is 14.9 Å². The highest BCUT2D eigenvalue weighted by Crippen LogP contribution is 2.37. The molecule has 1 aliphatic heterocycles. The number of hydrogen-bond acceptors (Lipinski definition) is 5. The lowest BCUT2D eigenvalue weighted by atomic mass is 9.88. The molecule has 0 unspecified atom stereocenters. The Morgan fingerprint density at radius 2 is 2.11 bits per heavy atom. The molecule has 0 bridgehead atoms. The molecule has 1 aromatic carbocycles. The van der Waals surface area contributed by atoms with Crippen LogP contribution in [0.15, 0.2) is 24.3 Å². The van der Waals surface area contributed by atoms with Gasteiger partial charge in [-0.25, -0.2) is 0 Å². The molecule has 0 aromatic heterocycles. The summed E-state index contributed by atoms with van der Waals surface area (Å²) in [7, 11) is 0. The van der Waals surface area contributed by atoms with Crippen LogP contribution < -0.4 is 5.73 Å². The second kappa shape index (κ2) is 4.35. The molecular weight excluding hydrogens is 240 g/mol. The summed E-state index contributed by atoms with van der Waals surface area (Å²) in [5, 5.41) is 19.7. The zero-order valence-corrected chi connectivity index (χ0v) is 9.41. The zero-order valence-electron chi connectivity index (χ0n) is 9.41. The Bertz CT molecular complexity index is 487. The van der Waals surface area contributed by atoms with Crippen LogP contribution >= 0.6 is 0 Å². The number of carbonyl (C=O) groups is 1. The Balaban J connectivity index is 2.31. The monoisotopic (exact) mass is 252 g/mol. The van der Waals surface area contributed by atoms with E-state index in [0.717, 1.165) is 0 Å². The van der Waals surface area contributed by atoms with Crippen molar-refractivity contribution in [3.8, 4) is 0 Å². The van der Waals surface area contributed by atoms with Crippen molar-refractivity contribution < 1.29 is 19.6 Å². The maximum atomic E-state index is 11.2. The SMILES string of the molecule is N[C@]1(C(=O)O)CCO[C@H]1c1ccc([N+](=O)[O-])cc1. The van der Waals surface area contributed by atoms with Gasteiger partial charge >= 0.3 is 5.97 Å². The summed E-state index contributed by atoms with van der Waals surface area (Å²) in [5.41, 5.74) is 4.81. The van der Waals surface area contributed by atoms with E-state index in [-0.39, 0.29) is 18.7 Å². The molecule has 0 spiro atoms. The number of rotatable bonds is 3. The quantitative estimate of drug-likeness (QED) is 0.608. The molecule has 1 fully saturated rings. The molecule has 18 heavy (non-hydrogen) atoms. The second-order valence-electron chi connectivity index (χ2n) is 4.19. The number of hydrogen-bond donors (Lipinski definition) is 2. The highest BCUT2D eigenvalue weighted by atomic mass is 16.6. The number of ether oxygens (including phenoxy) is 1. The van der Waals surface area contributed by atoms with E-state index >= 15 is 0 Å². The van der Waals surface area contributed by atoms with Gasteiger partial charge in [0.25, 0.3) is 5.69 Å². The van der Waals surface area contributed by atoms with E-state index in [0.29, 0.717) is 5.56 Å². The Morgan fingerprint density at radius 3 is 2.61 bits per heavy atom. The minimum Gasteiger partial charge on any atom is -0.480 e. The van der Waals surface area contributed by atoms with Crippen molar-refractivity contribution in [2.45, 2.75) is 18.1 Å². The lowest BCUT2D eigenvalue weighted by molar-refractivity contribution is -0.384. The Kier molecular flexibility index (Phi) is 3.02. The standard InChI is InChI=1S/C11H12N2O5/c12-11(10(14)15)5-6-18-9(11)7-1-3-8(4-2-7)13(16)17/h1-4,9H,5-6,12H2,(H,14,15)/t9-,11+/m0/s1. The van der Waals surface area contributed by atoms with Gasteiger partial charge in [-0.3, -0.25) is 14.9 Å². The average Bonchev–Trinajstić information content (AvgIpc) is 2.73. The third kappa shape index (κ3) is 1.93. The molecule has 2 atom stereocenters. The summed E-state index contributed by atoms with van der Waals surface area (Å²) in [6.07, 6.45) is -0.569. The van der Waals surface area contributed by atoms with Gasteiger partial charge in [0, 0.05) is 25.2 Å². The van der Waals surface area contributed by atoms with Crippen LogP contribution in [0, 0.1) is 10.1 Å². The van der Waals surface area contributed by atoms with E-state index in [1.165, 1.54) is 24.3 Å². The van der Waals surface area contributed by atoms with Crippen LogP contribution in [-0.4, -0.2) is 28.1 Å². The number of nitro groups is 1. The van der Waals surface area contributed by atoms with Gasteiger partial charge in [0.2, 0.25) is 0 Å². The first kappa shape index (κ1) is 12.5. The average molecular weight is 252 g/mol. The molecule has 0 radical (unpaired) electrons. The summed E-state index contributed by atoms with van der Waals surface area (Å²) in [5.74, 6) is -1.14. The van der Waals surface area contributed by atoms with Gasteiger partial charge in [-0.1, -0.05) is 0 Å². The summed E-state index contributed by atoms with van der Waals surface area (Å²) >= 11 is 0. The van der Waals surface area contributed by atoms with Crippen molar-refractivity contribution >= 4 is 11.7 Å². The van der Waals surface area contributed by atoms with Crippen molar-refractivity contribution in [1.82, 2.24) is 0 Å². The van der Waals surface area contributed by atoms with Gasteiger partial charge in [-0.15, -0.1) is 0 Å². The maximum absolute atomic E-state index is 11.2. The molecule has 3 N–H and O–H groups in total. The highest BCUT2D eigenvalue weighted by molar-refractivity contribution is 5.80. The number of carboxylic acids is 1. The number of aliphatic carboxylic acids is 1. The van der Waals surface area contributed by atoms with Gasteiger partial charge in [-0.2, -0.15) is 0 Å². The molecule has 1 saturated heterocycles. The molecule has 7 heteroatoms. The van der Waals surface area contributed by atoms with Crippen LogP contribution in [-0.2, 0) is 9.53 Å². The van der Waals surface area contributed by atoms with Crippen LogP contribution in [0.1, 0.15) is 18.1 Å². The maximum Gasteiger partial charge on any atom is 0.326 e.